The van der Waals surface area contributed by atoms with Crippen LogP contribution in [0.25, 0.3) is 11.0 Å². The number of halogens is 3. The summed E-state index contributed by atoms with van der Waals surface area (Å²) in [4.78, 5) is 4.51. The van der Waals surface area contributed by atoms with Crippen LogP contribution in [0.4, 0.5) is 0 Å². The van der Waals surface area contributed by atoms with Crippen LogP contribution < -0.4 is 0 Å². The van der Waals surface area contributed by atoms with E-state index in [1.54, 1.807) is 12.3 Å². The lowest BCUT2D eigenvalue weighted by atomic mass is 10.2. The van der Waals surface area contributed by atoms with Gasteiger partial charge in [0.15, 0.2) is 0 Å². The summed E-state index contributed by atoms with van der Waals surface area (Å²) < 4.78 is 7.49. The second kappa shape index (κ2) is 5.32. The zero-order valence-electron chi connectivity index (χ0n) is 10.6. The minimum Gasteiger partial charge on any atom is -0.467 e. The molecule has 0 aliphatic carbocycles. The van der Waals surface area contributed by atoms with E-state index in [1.807, 2.05) is 29.7 Å². The van der Waals surface area contributed by atoms with Crippen LogP contribution in [0.1, 0.15) is 24.6 Å². The van der Waals surface area contributed by atoms with E-state index >= 15 is 0 Å². The fourth-order valence-corrected chi connectivity index (χ4v) is 2.83. The van der Waals surface area contributed by atoms with Gasteiger partial charge < -0.3 is 8.98 Å². The Kier molecular flexibility index (Phi) is 3.67. The molecule has 3 aromatic rings. The van der Waals surface area contributed by atoms with Crippen molar-refractivity contribution in [3.8, 4) is 0 Å². The highest BCUT2D eigenvalue weighted by atomic mass is 35.5. The van der Waals surface area contributed by atoms with E-state index in [0.29, 0.717) is 15.9 Å². The summed E-state index contributed by atoms with van der Waals surface area (Å²) in [6.07, 6.45) is 1.65. The van der Waals surface area contributed by atoms with Crippen molar-refractivity contribution in [2.75, 3.05) is 0 Å². The molecule has 0 amide bonds. The van der Waals surface area contributed by atoms with Gasteiger partial charge in [-0.05, 0) is 31.2 Å². The molecule has 2 heterocycles. The number of imidazole rings is 1. The smallest absolute Gasteiger partial charge is 0.126 e. The first-order chi connectivity index (χ1) is 9.61. The molecule has 20 heavy (non-hydrogen) atoms. The summed E-state index contributed by atoms with van der Waals surface area (Å²) in [5.74, 6) is 1.89. The summed E-state index contributed by atoms with van der Waals surface area (Å²) in [5, 5.41) is 0.976. The first-order valence-corrected chi connectivity index (χ1v) is 7.36. The van der Waals surface area contributed by atoms with E-state index in [1.165, 1.54) is 0 Å². The molecule has 0 fully saturated rings. The molecule has 0 aliphatic heterocycles. The minimum atomic E-state index is -0.0269. The number of hydrogen-bond donors (Lipinski definition) is 0. The predicted molar refractivity (Wildman–Crippen MR) is 81.8 cm³/mol. The van der Waals surface area contributed by atoms with Crippen LogP contribution in [0.15, 0.2) is 34.9 Å². The molecule has 0 saturated heterocycles. The minimum absolute atomic E-state index is 0.0269. The second-order valence-electron chi connectivity index (χ2n) is 4.48. The molecule has 0 saturated carbocycles. The average Bonchev–Trinajstić information content (AvgIpc) is 3.06. The number of nitrogens with zero attached hydrogens (tertiary/aromatic N) is 2. The molecule has 2 aromatic heterocycles. The van der Waals surface area contributed by atoms with Gasteiger partial charge in [-0.1, -0.05) is 23.2 Å². The lowest BCUT2D eigenvalue weighted by molar-refractivity contribution is 0.446. The van der Waals surface area contributed by atoms with E-state index in [9.17, 15) is 0 Å². The molecule has 3 nitrogen and oxygen atoms in total. The van der Waals surface area contributed by atoms with Crippen molar-refractivity contribution in [2.24, 2.45) is 0 Å². The Labute approximate surface area is 131 Å². The number of furan rings is 1. The van der Waals surface area contributed by atoms with Gasteiger partial charge in [0.2, 0.25) is 0 Å². The fraction of sp³-hybridized carbons (Fsp3) is 0.214. The molecule has 0 radical (unpaired) electrons. The molecule has 1 atom stereocenters. The average molecular weight is 330 g/mol. The van der Waals surface area contributed by atoms with Gasteiger partial charge in [0.1, 0.15) is 11.6 Å². The van der Waals surface area contributed by atoms with Gasteiger partial charge in [0.05, 0.1) is 39.3 Å². The summed E-state index contributed by atoms with van der Waals surface area (Å²) in [5.41, 5.74) is 1.66. The van der Waals surface area contributed by atoms with Crippen molar-refractivity contribution in [3.05, 3.63) is 52.2 Å². The molecule has 1 aromatic carbocycles. The summed E-state index contributed by atoms with van der Waals surface area (Å²) in [6.45, 7) is 2.03. The highest BCUT2D eigenvalue weighted by Crippen LogP contribution is 2.32. The number of rotatable bonds is 3. The van der Waals surface area contributed by atoms with Gasteiger partial charge in [-0.3, -0.25) is 0 Å². The number of fused-ring (bicyclic) bond motifs is 1. The van der Waals surface area contributed by atoms with Crippen molar-refractivity contribution in [1.29, 1.82) is 0 Å². The third kappa shape index (κ3) is 2.20. The van der Waals surface area contributed by atoms with Crippen LogP contribution in [0.3, 0.4) is 0 Å². The molecular weight excluding hydrogens is 319 g/mol. The zero-order chi connectivity index (χ0) is 14.3. The number of hydrogen-bond acceptors (Lipinski definition) is 2. The van der Waals surface area contributed by atoms with Gasteiger partial charge in [0.25, 0.3) is 0 Å². The first-order valence-electron chi connectivity index (χ1n) is 6.07. The molecule has 3 rings (SSSR count). The van der Waals surface area contributed by atoms with Crippen molar-refractivity contribution < 1.29 is 4.42 Å². The topological polar surface area (TPSA) is 31.0 Å². The Morgan fingerprint density at radius 3 is 2.70 bits per heavy atom. The van der Waals surface area contributed by atoms with E-state index < -0.39 is 0 Å². The molecule has 0 N–H and O–H groups in total. The second-order valence-corrected chi connectivity index (χ2v) is 5.56. The first kappa shape index (κ1) is 13.8. The Hall–Kier alpha value is -1.16. The van der Waals surface area contributed by atoms with E-state index in [4.69, 9.17) is 39.2 Å². The monoisotopic (exact) mass is 328 g/mol. The van der Waals surface area contributed by atoms with Crippen LogP contribution in [0.2, 0.25) is 10.0 Å². The Bertz CT molecular complexity index is 749. The number of benzene rings is 1. The van der Waals surface area contributed by atoms with Crippen LogP contribution in [-0.4, -0.2) is 9.55 Å². The standard InChI is InChI=1S/C14H11Cl3N2O/c1-8(13-3-2-4-20-13)19-12-6-10(17)9(16)5-11(12)18-14(19)7-15/h2-6,8H,7H2,1H3. The van der Waals surface area contributed by atoms with Crippen LogP contribution >= 0.6 is 34.8 Å². The van der Waals surface area contributed by atoms with E-state index in [0.717, 1.165) is 22.6 Å². The van der Waals surface area contributed by atoms with Gasteiger partial charge in [0, 0.05) is 0 Å². The number of aromatic nitrogens is 2. The molecule has 0 spiro atoms. The molecule has 0 bridgehead atoms. The van der Waals surface area contributed by atoms with Crippen LogP contribution in [0, 0.1) is 0 Å². The van der Waals surface area contributed by atoms with Gasteiger partial charge in [-0.15, -0.1) is 11.6 Å². The van der Waals surface area contributed by atoms with Crippen LogP contribution in [0.5, 0.6) is 0 Å². The zero-order valence-corrected chi connectivity index (χ0v) is 12.9. The Balaban J connectivity index is 2.25. The highest BCUT2D eigenvalue weighted by Gasteiger charge is 2.19. The quantitative estimate of drug-likeness (QED) is 0.612. The normalized spacial score (nSPS) is 13.0. The van der Waals surface area contributed by atoms with Gasteiger partial charge in [-0.25, -0.2) is 4.98 Å². The maximum atomic E-state index is 6.11. The van der Waals surface area contributed by atoms with Crippen molar-refractivity contribution in [2.45, 2.75) is 18.8 Å². The third-order valence-corrected chi connectivity index (χ3v) is 4.23. The SMILES string of the molecule is CC(c1ccco1)n1c(CCl)nc2cc(Cl)c(Cl)cc21. The maximum Gasteiger partial charge on any atom is 0.126 e. The maximum absolute atomic E-state index is 6.11. The lowest BCUT2D eigenvalue weighted by Crippen LogP contribution is -2.09. The van der Waals surface area contributed by atoms with E-state index in [2.05, 4.69) is 4.98 Å². The van der Waals surface area contributed by atoms with E-state index in [-0.39, 0.29) is 6.04 Å². The Morgan fingerprint density at radius 1 is 1.30 bits per heavy atom. The van der Waals surface area contributed by atoms with Crippen molar-refractivity contribution >= 4 is 45.8 Å². The molecular formula is C14H11Cl3N2O. The summed E-state index contributed by atoms with van der Waals surface area (Å²) in [7, 11) is 0. The largest absolute Gasteiger partial charge is 0.467 e. The third-order valence-electron chi connectivity index (χ3n) is 3.27. The van der Waals surface area contributed by atoms with Gasteiger partial charge in [-0.2, -0.15) is 0 Å². The summed E-state index contributed by atoms with van der Waals surface area (Å²) in [6, 6.07) is 7.31. The summed E-state index contributed by atoms with van der Waals surface area (Å²) >= 11 is 18.2. The van der Waals surface area contributed by atoms with Crippen LogP contribution in [-0.2, 0) is 5.88 Å². The fourth-order valence-electron chi connectivity index (χ4n) is 2.32. The molecule has 0 aliphatic rings. The van der Waals surface area contributed by atoms with Gasteiger partial charge >= 0.3 is 0 Å². The predicted octanol–water partition coefficient (Wildman–Crippen LogP) is 5.28. The highest BCUT2D eigenvalue weighted by molar-refractivity contribution is 6.42. The van der Waals surface area contributed by atoms with Crippen molar-refractivity contribution in [1.82, 2.24) is 9.55 Å². The number of alkyl halides is 1. The lowest BCUT2D eigenvalue weighted by Gasteiger charge is -2.14. The van der Waals surface area contributed by atoms with Crippen molar-refractivity contribution in [3.63, 3.8) is 0 Å². The molecule has 6 heteroatoms. The molecule has 104 valence electrons. The Morgan fingerprint density at radius 2 is 2.05 bits per heavy atom. The molecule has 1 unspecified atom stereocenters.